The van der Waals surface area contributed by atoms with Crippen LogP contribution in [0.4, 0.5) is 5.69 Å². The molecule has 2 aromatic carbocycles. The molecule has 9 heteroatoms. The third-order valence-corrected chi connectivity index (χ3v) is 7.01. The zero-order valence-corrected chi connectivity index (χ0v) is 19.5. The van der Waals surface area contributed by atoms with Crippen LogP contribution in [-0.4, -0.2) is 39.4 Å². The SMILES string of the molecule is Cc1cccc(CSCCCNC(=O)CN(c2ccc(Cl)c(Cl)c2)S(C)(=O)=O)c1. The molecule has 0 aliphatic carbocycles. The summed E-state index contributed by atoms with van der Waals surface area (Å²) in [5, 5.41) is 3.31. The second-order valence-corrected chi connectivity index (χ2v) is 10.4. The van der Waals surface area contributed by atoms with Crippen molar-refractivity contribution < 1.29 is 13.2 Å². The van der Waals surface area contributed by atoms with E-state index in [0.29, 0.717) is 17.3 Å². The normalized spacial score (nSPS) is 11.3. The maximum absolute atomic E-state index is 12.2. The van der Waals surface area contributed by atoms with Gasteiger partial charge in [0.15, 0.2) is 0 Å². The lowest BCUT2D eigenvalue weighted by Crippen LogP contribution is -2.40. The molecule has 0 bridgehead atoms. The first kappa shape index (κ1) is 23.9. The lowest BCUT2D eigenvalue weighted by molar-refractivity contribution is -0.119. The Bertz CT molecular complexity index is 952. The van der Waals surface area contributed by atoms with E-state index in [4.69, 9.17) is 23.2 Å². The summed E-state index contributed by atoms with van der Waals surface area (Å²) in [4.78, 5) is 12.2. The lowest BCUT2D eigenvalue weighted by atomic mass is 10.2. The number of nitrogens with one attached hydrogen (secondary N) is 1. The monoisotopic (exact) mass is 474 g/mol. The number of rotatable bonds is 10. The van der Waals surface area contributed by atoms with Gasteiger partial charge >= 0.3 is 0 Å². The molecule has 0 saturated carbocycles. The quantitative estimate of drug-likeness (QED) is 0.514. The van der Waals surface area contributed by atoms with Crippen LogP contribution in [0.2, 0.25) is 10.0 Å². The number of anilines is 1. The van der Waals surface area contributed by atoms with Crippen molar-refractivity contribution in [3.05, 3.63) is 63.6 Å². The molecular weight excluding hydrogens is 451 g/mol. The predicted molar refractivity (Wildman–Crippen MR) is 124 cm³/mol. The van der Waals surface area contributed by atoms with Crippen molar-refractivity contribution in [1.29, 1.82) is 0 Å². The summed E-state index contributed by atoms with van der Waals surface area (Å²) in [5.41, 5.74) is 2.82. The summed E-state index contributed by atoms with van der Waals surface area (Å²) in [6, 6.07) is 12.8. The molecule has 0 aromatic heterocycles. The fourth-order valence-electron chi connectivity index (χ4n) is 2.62. The van der Waals surface area contributed by atoms with Gasteiger partial charge in [-0.3, -0.25) is 9.10 Å². The number of halogens is 2. The number of hydrogen-bond acceptors (Lipinski definition) is 4. The second kappa shape index (κ2) is 11.1. The zero-order valence-electron chi connectivity index (χ0n) is 16.3. The van der Waals surface area contributed by atoms with E-state index in [1.807, 2.05) is 6.07 Å². The number of carbonyl (C=O) groups is 1. The Morgan fingerprint density at radius 1 is 1.14 bits per heavy atom. The Balaban J connectivity index is 1.79. The van der Waals surface area contributed by atoms with Gasteiger partial charge in [-0.05, 0) is 42.9 Å². The molecule has 1 amide bonds. The Morgan fingerprint density at radius 3 is 2.55 bits per heavy atom. The molecule has 2 rings (SSSR count). The van der Waals surface area contributed by atoms with Crippen molar-refractivity contribution in [2.24, 2.45) is 0 Å². The van der Waals surface area contributed by atoms with Gasteiger partial charge in [-0.1, -0.05) is 53.0 Å². The Kier molecular flexibility index (Phi) is 9.14. The first-order chi connectivity index (χ1) is 13.7. The largest absolute Gasteiger partial charge is 0.354 e. The molecule has 29 heavy (non-hydrogen) atoms. The van der Waals surface area contributed by atoms with E-state index in [2.05, 4.69) is 30.4 Å². The summed E-state index contributed by atoms with van der Waals surface area (Å²) in [7, 11) is -3.65. The van der Waals surface area contributed by atoms with Crippen molar-refractivity contribution in [2.75, 3.05) is 29.4 Å². The van der Waals surface area contributed by atoms with Gasteiger partial charge in [-0.2, -0.15) is 11.8 Å². The van der Waals surface area contributed by atoms with Gasteiger partial charge in [0, 0.05) is 12.3 Å². The minimum atomic E-state index is -3.65. The van der Waals surface area contributed by atoms with Crippen LogP contribution in [0, 0.1) is 6.92 Å². The Morgan fingerprint density at radius 2 is 1.90 bits per heavy atom. The van der Waals surface area contributed by atoms with Crippen LogP contribution in [0.25, 0.3) is 0 Å². The highest BCUT2D eigenvalue weighted by molar-refractivity contribution is 7.98. The first-order valence-electron chi connectivity index (χ1n) is 8.99. The summed E-state index contributed by atoms with van der Waals surface area (Å²) in [5.74, 6) is 1.45. The molecule has 2 aromatic rings. The van der Waals surface area contributed by atoms with Crippen LogP contribution in [0.5, 0.6) is 0 Å². The highest BCUT2D eigenvalue weighted by Gasteiger charge is 2.21. The van der Waals surface area contributed by atoms with Crippen LogP contribution in [0.15, 0.2) is 42.5 Å². The standard InChI is InChI=1S/C20H24Cl2N2O3S2/c1-15-5-3-6-16(11-15)14-28-10-4-9-23-20(25)13-24(29(2,26)27)17-7-8-18(21)19(22)12-17/h3,5-8,11-12H,4,9-10,13-14H2,1-2H3,(H,23,25). The van der Waals surface area contributed by atoms with E-state index < -0.39 is 10.0 Å². The van der Waals surface area contributed by atoms with E-state index in [1.54, 1.807) is 11.8 Å². The average molecular weight is 475 g/mol. The van der Waals surface area contributed by atoms with Crippen LogP contribution in [0.1, 0.15) is 17.5 Å². The maximum atomic E-state index is 12.2. The number of sulfonamides is 1. The highest BCUT2D eigenvalue weighted by Crippen LogP contribution is 2.28. The number of benzene rings is 2. The summed E-state index contributed by atoms with van der Waals surface area (Å²) >= 11 is 13.7. The van der Waals surface area contributed by atoms with Gasteiger partial charge < -0.3 is 5.32 Å². The molecule has 158 valence electrons. The zero-order chi connectivity index (χ0) is 21.4. The van der Waals surface area contributed by atoms with Gasteiger partial charge in [0.1, 0.15) is 6.54 Å². The van der Waals surface area contributed by atoms with Crippen LogP contribution in [-0.2, 0) is 20.6 Å². The van der Waals surface area contributed by atoms with Gasteiger partial charge in [0.25, 0.3) is 0 Å². The maximum Gasteiger partial charge on any atom is 0.240 e. The molecule has 5 nitrogen and oxygen atoms in total. The van der Waals surface area contributed by atoms with Crippen molar-refractivity contribution in [1.82, 2.24) is 5.32 Å². The predicted octanol–water partition coefficient (Wildman–Crippen LogP) is 4.51. The second-order valence-electron chi connectivity index (χ2n) is 6.61. The third-order valence-electron chi connectivity index (χ3n) is 4.02. The van der Waals surface area contributed by atoms with E-state index in [-0.39, 0.29) is 17.5 Å². The van der Waals surface area contributed by atoms with Crippen LogP contribution >= 0.6 is 35.0 Å². The number of thioether (sulfide) groups is 1. The number of hydrogen-bond donors (Lipinski definition) is 1. The molecule has 0 aliphatic rings. The number of nitrogens with zero attached hydrogens (tertiary/aromatic N) is 1. The molecular formula is C20H24Cl2N2O3S2. The van der Waals surface area contributed by atoms with Crippen LogP contribution in [0.3, 0.4) is 0 Å². The van der Waals surface area contributed by atoms with Gasteiger partial charge in [-0.25, -0.2) is 8.42 Å². The molecule has 0 aliphatic heterocycles. The fourth-order valence-corrected chi connectivity index (χ4v) is 4.67. The molecule has 0 radical (unpaired) electrons. The summed E-state index contributed by atoms with van der Waals surface area (Å²) < 4.78 is 25.2. The van der Waals surface area contributed by atoms with E-state index in [9.17, 15) is 13.2 Å². The van der Waals surface area contributed by atoms with E-state index >= 15 is 0 Å². The molecule has 0 spiro atoms. The Hall–Kier alpha value is -1.41. The molecule has 0 atom stereocenters. The average Bonchev–Trinajstić information content (AvgIpc) is 2.64. The number of amides is 1. The van der Waals surface area contributed by atoms with E-state index in [0.717, 1.165) is 28.5 Å². The molecule has 0 unspecified atom stereocenters. The smallest absolute Gasteiger partial charge is 0.240 e. The van der Waals surface area contributed by atoms with Crippen LogP contribution < -0.4 is 9.62 Å². The van der Waals surface area contributed by atoms with Crippen molar-refractivity contribution >= 4 is 56.6 Å². The Labute approximate surface area is 186 Å². The molecule has 0 heterocycles. The highest BCUT2D eigenvalue weighted by atomic mass is 35.5. The third kappa shape index (κ3) is 8.09. The summed E-state index contributed by atoms with van der Waals surface area (Å²) in [6.07, 6.45) is 1.85. The number of aryl methyl sites for hydroxylation is 1. The van der Waals surface area contributed by atoms with E-state index in [1.165, 1.54) is 29.3 Å². The van der Waals surface area contributed by atoms with Crippen molar-refractivity contribution in [3.8, 4) is 0 Å². The van der Waals surface area contributed by atoms with Gasteiger partial charge in [0.2, 0.25) is 15.9 Å². The summed E-state index contributed by atoms with van der Waals surface area (Å²) in [6.45, 7) is 2.24. The fraction of sp³-hybridized carbons (Fsp3) is 0.350. The lowest BCUT2D eigenvalue weighted by Gasteiger charge is -2.22. The van der Waals surface area contributed by atoms with Crippen molar-refractivity contribution in [3.63, 3.8) is 0 Å². The van der Waals surface area contributed by atoms with Gasteiger partial charge in [-0.15, -0.1) is 0 Å². The minimum absolute atomic E-state index is 0.226. The van der Waals surface area contributed by atoms with Crippen molar-refractivity contribution in [2.45, 2.75) is 19.1 Å². The number of carbonyl (C=O) groups excluding carboxylic acids is 1. The topological polar surface area (TPSA) is 66.5 Å². The molecule has 0 saturated heterocycles. The minimum Gasteiger partial charge on any atom is -0.354 e. The van der Waals surface area contributed by atoms with Gasteiger partial charge in [0.05, 0.1) is 22.0 Å². The first-order valence-corrected chi connectivity index (χ1v) is 12.8. The molecule has 0 fully saturated rings. The molecule has 1 N–H and O–H groups in total.